The summed E-state index contributed by atoms with van der Waals surface area (Å²) in [7, 11) is 0. The molecule has 0 radical (unpaired) electrons. The molecule has 2 heteroatoms. The van der Waals surface area contributed by atoms with Crippen LogP contribution in [0.3, 0.4) is 0 Å². The zero-order valence-corrected chi connectivity index (χ0v) is 12.4. The van der Waals surface area contributed by atoms with Gasteiger partial charge in [0.1, 0.15) is 0 Å². The molecule has 2 rings (SSSR count). The second kappa shape index (κ2) is 8.06. The Balaban J connectivity index is 1.93. The van der Waals surface area contributed by atoms with Crippen LogP contribution in [-0.2, 0) is 4.74 Å². The minimum atomic E-state index is -0.145. The van der Waals surface area contributed by atoms with E-state index < -0.39 is 0 Å². The van der Waals surface area contributed by atoms with Gasteiger partial charge in [0.15, 0.2) is 0 Å². The fraction of sp³-hybridized carbons (Fsp3) is 0.882. The Kier molecular flexibility index (Phi) is 6.39. The summed E-state index contributed by atoms with van der Waals surface area (Å²) in [5.74, 6) is 0.692. The van der Waals surface area contributed by atoms with Crippen LogP contribution in [0, 0.1) is 5.92 Å². The summed E-state index contributed by atoms with van der Waals surface area (Å²) in [6.45, 7) is 3.18. The van der Waals surface area contributed by atoms with E-state index >= 15 is 0 Å². The summed E-state index contributed by atoms with van der Waals surface area (Å²) in [6, 6.07) is 0. The minimum absolute atomic E-state index is 0.145. The molecule has 1 aliphatic heterocycles. The smallest absolute Gasteiger partial charge is 0.0788 e. The van der Waals surface area contributed by atoms with E-state index in [1.807, 2.05) is 0 Å². The van der Waals surface area contributed by atoms with Crippen LogP contribution in [0.15, 0.2) is 11.6 Å². The Hall–Kier alpha value is -0.340. The zero-order valence-electron chi connectivity index (χ0n) is 12.4. The molecule has 2 aliphatic rings. The Morgan fingerprint density at radius 3 is 2.58 bits per heavy atom. The highest BCUT2D eigenvalue weighted by Gasteiger charge is 2.25. The maximum absolute atomic E-state index is 10.0. The van der Waals surface area contributed by atoms with Gasteiger partial charge in [0.2, 0.25) is 0 Å². The van der Waals surface area contributed by atoms with Crippen LogP contribution in [0.1, 0.15) is 71.1 Å². The van der Waals surface area contributed by atoms with Crippen molar-refractivity contribution in [3.63, 3.8) is 0 Å². The molecule has 19 heavy (non-hydrogen) atoms. The van der Waals surface area contributed by atoms with Crippen molar-refractivity contribution >= 4 is 0 Å². The van der Waals surface area contributed by atoms with Gasteiger partial charge in [-0.25, -0.2) is 0 Å². The monoisotopic (exact) mass is 266 g/mol. The lowest BCUT2D eigenvalue weighted by Gasteiger charge is -2.17. The number of aliphatic hydroxyl groups excluding tert-OH is 1. The van der Waals surface area contributed by atoms with Crippen molar-refractivity contribution in [1.29, 1.82) is 0 Å². The Bertz CT molecular complexity index is 285. The molecule has 0 bridgehead atoms. The van der Waals surface area contributed by atoms with Gasteiger partial charge in [-0.1, -0.05) is 45.1 Å². The van der Waals surface area contributed by atoms with Crippen molar-refractivity contribution in [2.24, 2.45) is 5.92 Å². The van der Waals surface area contributed by atoms with Crippen molar-refractivity contribution in [3.05, 3.63) is 11.6 Å². The zero-order chi connectivity index (χ0) is 13.5. The molecule has 110 valence electrons. The van der Waals surface area contributed by atoms with Crippen LogP contribution in [-0.4, -0.2) is 23.9 Å². The van der Waals surface area contributed by atoms with Crippen LogP contribution in [0.25, 0.3) is 0 Å². The van der Waals surface area contributed by atoms with E-state index in [9.17, 15) is 5.11 Å². The third kappa shape index (κ3) is 5.27. The van der Waals surface area contributed by atoms with E-state index in [2.05, 4.69) is 13.0 Å². The second-order valence-corrected chi connectivity index (χ2v) is 6.49. The largest absolute Gasteiger partial charge is 0.393 e. The lowest BCUT2D eigenvalue weighted by Crippen LogP contribution is -2.12. The first-order valence-corrected chi connectivity index (χ1v) is 8.24. The van der Waals surface area contributed by atoms with Crippen molar-refractivity contribution < 1.29 is 9.84 Å². The van der Waals surface area contributed by atoms with Crippen LogP contribution in [0.4, 0.5) is 0 Å². The minimum Gasteiger partial charge on any atom is -0.393 e. The summed E-state index contributed by atoms with van der Waals surface area (Å²) in [5, 5.41) is 10.0. The quantitative estimate of drug-likeness (QED) is 0.720. The molecule has 0 aromatic heterocycles. The lowest BCUT2D eigenvalue weighted by atomic mass is 9.94. The molecule has 1 N–H and O–H groups in total. The number of hydrogen-bond donors (Lipinski definition) is 1. The summed E-state index contributed by atoms with van der Waals surface area (Å²) >= 11 is 0. The Labute approximate surface area is 118 Å². The molecule has 2 nitrogen and oxygen atoms in total. The van der Waals surface area contributed by atoms with Crippen molar-refractivity contribution in [2.75, 3.05) is 6.61 Å². The first-order valence-electron chi connectivity index (χ1n) is 8.24. The van der Waals surface area contributed by atoms with E-state index in [1.165, 1.54) is 56.9 Å². The Morgan fingerprint density at radius 1 is 1.11 bits per heavy atom. The summed E-state index contributed by atoms with van der Waals surface area (Å²) in [5.41, 5.74) is 1.46. The number of aliphatic hydroxyl groups is 1. The first-order chi connectivity index (χ1) is 9.25. The summed E-state index contributed by atoms with van der Waals surface area (Å²) in [4.78, 5) is 0. The van der Waals surface area contributed by atoms with Gasteiger partial charge in [0.25, 0.3) is 0 Å². The second-order valence-electron chi connectivity index (χ2n) is 6.49. The highest BCUT2D eigenvalue weighted by atomic mass is 16.5. The normalized spacial score (nSPS) is 35.3. The molecule has 1 heterocycles. The first kappa shape index (κ1) is 15.1. The maximum Gasteiger partial charge on any atom is 0.0788 e. The van der Waals surface area contributed by atoms with E-state index in [-0.39, 0.29) is 6.10 Å². The van der Waals surface area contributed by atoms with Crippen LogP contribution in [0.5, 0.6) is 0 Å². The summed E-state index contributed by atoms with van der Waals surface area (Å²) < 4.78 is 5.91. The molecular formula is C17H30O2. The average molecular weight is 266 g/mol. The predicted octanol–water partition coefficient (Wildman–Crippen LogP) is 4.22. The maximum atomic E-state index is 10.0. The van der Waals surface area contributed by atoms with Gasteiger partial charge < -0.3 is 9.84 Å². The topological polar surface area (TPSA) is 29.5 Å². The standard InChI is InChI=1S/C17H30O2/c1-14-12-17(19-13-14)15-8-6-4-2-3-5-7-9-16(18)11-10-15/h10,14,16-18H,2-9,11-13H2,1H3. The molecule has 1 saturated heterocycles. The van der Waals surface area contributed by atoms with Gasteiger partial charge in [-0.2, -0.15) is 0 Å². The molecule has 0 spiro atoms. The molecular weight excluding hydrogens is 236 g/mol. The van der Waals surface area contributed by atoms with Gasteiger partial charge in [-0.05, 0) is 43.6 Å². The van der Waals surface area contributed by atoms with Crippen LogP contribution in [0.2, 0.25) is 0 Å². The molecule has 3 atom stereocenters. The number of hydrogen-bond acceptors (Lipinski definition) is 2. The fourth-order valence-corrected chi connectivity index (χ4v) is 3.26. The van der Waals surface area contributed by atoms with Crippen molar-refractivity contribution in [3.8, 4) is 0 Å². The lowest BCUT2D eigenvalue weighted by molar-refractivity contribution is 0.127. The highest BCUT2D eigenvalue weighted by Crippen LogP contribution is 2.29. The van der Waals surface area contributed by atoms with Gasteiger partial charge in [-0.3, -0.25) is 0 Å². The SMILES string of the molecule is CC1COC(C2=CCC(O)CCCCCCCC2)C1. The molecule has 1 fully saturated rings. The van der Waals surface area contributed by atoms with Crippen LogP contribution >= 0.6 is 0 Å². The van der Waals surface area contributed by atoms with Crippen LogP contribution < -0.4 is 0 Å². The molecule has 0 aromatic rings. The number of rotatable bonds is 1. The fourth-order valence-electron chi connectivity index (χ4n) is 3.26. The van der Waals surface area contributed by atoms with Crippen molar-refractivity contribution in [1.82, 2.24) is 0 Å². The van der Waals surface area contributed by atoms with Gasteiger partial charge in [0.05, 0.1) is 18.8 Å². The van der Waals surface area contributed by atoms with E-state index in [0.717, 1.165) is 19.4 Å². The molecule has 0 amide bonds. The van der Waals surface area contributed by atoms with E-state index in [4.69, 9.17) is 4.74 Å². The van der Waals surface area contributed by atoms with E-state index in [1.54, 1.807) is 0 Å². The predicted molar refractivity (Wildman–Crippen MR) is 79.2 cm³/mol. The van der Waals surface area contributed by atoms with Crippen molar-refractivity contribution in [2.45, 2.75) is 83.3 Å². The third-order valence-corrected chi connectivity index (χ3v) is 4.52. The average Bonchev–Trinajstić information content (AvgIpc) is 2.80. The number of ether oxygens (including phenoxy) is 1. The molecule has 0 saturated carbocycles. The summed E-state index contributed by atoms with van der Waals surface area (Å²) in [6.07, 6.45) is 14.4. The molecule has 3 unspecified atom stereocenters. The van der Waals surface area contributed by atoms with Gasteiger partial charge in [0, 0.05) is 0 Å². The van der Waals surface area contributed by atoms with Gasteiger partial charge >= 0.3 is 0 Å². The molecule has 0 aromatic carbocycles. The van der Waals surface area contributed by atoms with E-state index in [0.29, 0.717) is 12.0 Å². The third-order valence-electron chi connectivity index (χ3n) is 4.52. The molecule has 1 aliphatic carbocycles. The van der Waals surface area contributed by atoms with Gasteiger partial charge in [-0.15, -0.1) is 0 Å². The Morgan fingerprint density at radius 2 is 1.84 bits per heavy atom. The highest BCUT2D eigenvalue weighted by molar-refractivity contribution is 5.11.